The molecule has 4 nitrogen and oxygen atoms in total. The molecule has 2 atom stereocenters. The summed E-state index contributed by atoms with van der Waals surface area (Å²) < 4.78 is 0. The lowest BCUT2D eigenvalue weighted by Crippen LogP contribution is -2.44. The third-order valence-corrected chi connectivity index (χ3v) is 4.10. The second-order valence-corrected chi connectivity index (χ2v) is 6.34. The topological polar surface area (TPSA) is 59.2 Å². The number of nitrogens with two attached hydrogens (primary N) is 1. The second kappa shape index (κ2) is 5.81. The van der Waals surface area contributed by atoms with Gasteiger partial charge in [0.25, 0.3) is 5.91 Å². The first kappa shape index (κ1) is 14.8. The highest BCUT2D eigenvalue weighted by atomic mass is 16.2. The Morgan fingerprint density at radius 2 is 2.10 bits per heavy atom. The fourth-order valence-electron chi connectivity index (χ4n) is 2.87. The van der Waals surface area contributed by atoms with Crippen molar-refractivity contribution in [3.05, 3.63) is 23.4 Å². The van der Waals surface area contributed by atoms with Crippen molar-refractivity contribution in [2.24, 2.45) is 5.92 Å². The van der Waals surface area contributed by atoms with Gasteiger partial charge in [0.2, 0.25) is 0 Å². The number of carbonyl (C=O) groups is 1. The summed E-state index contributed by atoms with van der Waals surface area (Å²) in [5.41, 5.74) is 7.39. The molecule has 0 saturated carbocycles. The van der Waals surface area contributed by atoms with E-state index in [-0.39, 0.29) is 11.8 Å². The number of nitrogen functional groups attached to an aromatic ring is 1. The molecule has 0 bridgehead atoms. The SMILES string of the molecule is CC1CCN(C(=O)c2cc(N)nc(C(C)C)c2)C(C)C1. The molecular formula is C16H25N3O. The molecule has 0 radical (unpaired) electrons. The quantitative estimate of drug-likeness (QED) is 0.902. The fraction of sp³-hybridized carbons (Fsp3) is 0.625. The molecule has 2 unspecified atom stereocenters. The largest absolute Gasteiger partial charge is 0.384 e. The minimum atomic E-state index is 0.0837. The van der Waals surface area contributed by atoms with Crippen molar-refractivity contribution in [2.75, 3.05) is 12.3 Å². The number of aromatic nitrogens is 1. The average Bonchev–Trinajstić information content (AvgIpc) is 2.37. The van der Waals surface area contributed by atoms with Crippen LogP contribution in [-0.4, -0.2) is 28.4 Å². The van der Waals surface area contributed by atoms with Crippen molar-refractivity contribution in [3.8, 4) is 0 Å². The summed E-state index contributed by atoms with van der Waals surface area (Å²) in [7, 11) is 0. The van der Waals surface area contributed by atoms with Crippen LogP contribution in [0, 0.1) is 5.92 Å². The molecule has 1 aliphatic heterocycles. The van der Waals surface area contributed by atoms with Crippen LogP contribution in [0.3, 0.4) is 0 Å². The highest BCUT2D eigenvalue weighted by Gasteiger charge is 2.27. The Morgan fingerprint density at radius 1 is 1.40 bits per heavy atom. The summed E-state index contributed by atoms with van der Waals surface area (Å²) in [6, 6.07) is 3.87. The van der Waals surface area contributed by atoms with Crippen molar-refractivity contribution in [1.29, 1.82) is 0 Å². The van der Waals surface area contributed by atoms with Crippen LogP contribution in [0.1, 0.15) is 62.5 Å². The van der Waals surface area contributed by atoms with Gasteiger partial charge in [-0.2, -0.15) is 0 Å². The molecule has 0 aliphatic carbocycles. The number of rotatable bonds is 2. The van der Waals surface area contributed by atoms with Gasteiger partial charge >= 0.3 is 0 Å². The summed E-state index contributed by atoms with van der Waals surface area (Å²) >= 11 is 0. The number of likely N-dealkylation sites (tertiary alicyclic amines) is 1. The lowest BCUT2D eigenvalue weighted by molar-refractivity contribution is 0.0588. The van der Waals surface area contributed by atoms with E-state index in [1.165, 1.54) is 0 Å². The van der Waals surface area contributed by atoms with Gasteiger partial charge in [0, 0.05) is 23.8 Å². The van der Waals surface area contributed by atoms with Crippen LogP contribution in [0.4, 0.5) is 5.82 Å². The zero-order chi connectivity index (χ0) is 14.9. The minimum absolute atomic E-state index is 0.0837. The third-order valence-electron chi connectivity index (χ3n) is 4.10. The van der Waals surface area contributed by atoms with Crippen LogP contribution in [-0.2, 0) is 0 Å². The van der Waals surface area contributed by atoms with E-state index in [9.17, 15) is 4.79 Å². The van der Waals surface area contributed by atoms with Gasteiger partial charge in [-0.25, -0.2) is 4.98 Å². The van der Waals surface area contributed by atoms with Crippen LogP contribution >= 0.6 is 0 Å². The Hall–Kier alpha value is -1.58. The standard InChI is InChI=1S/C16H25N3O/c1-10(2)14-8-13(9-15(17)18-14)16(20)19-6-5-11(3)7-12(19)4/h8-12H,5-7H2,1-4H3,(H2,17,18). The van der Waals surface area contributed by atoms with E-state index in [0.717, 1.165) is 25.1 Å². The number of hydrogen-bond acceptors (Lipinski definition) is 3. The molecule has 4 heteroatoms. The Morgan fingerprint density at radius 3 is 2.70 bits per heavy atom. The van der Waals surface area contributed by atoms with E-state index in [2.05, 4.69) is 32.7 Å². The van der Waals surface area contributed by atoms with Gasteiger partial charge in [0.1, 0.15) is 5.82 Å². The van der Waals surface area contributed by atoms with Gasteiger partial charge in [0.15, 0.2) is 0 Å². The highest BCUT2D eigenvalue weighted by Crippen LogP contribution is 2.25. The Kier molecular flexibility index (Phi) is 4.31. The average molecular weight is 275 g/mol. The summed E-state index contributed by atoms with van der Waals surface area (Å²) in [5, 5.41) is 0. The number of hydrogen-bond donors (Lipinski definition) is 1. The zero-order valence-electron chi connectivity index (χ0n) is 12.9. The monoisotopic (exact) mass is 275 g/mol. The molecule has 2 rings (SSSR count). The molecule has 1 saturated heterocycles. The molecule has 0 aromatic carbocycles. The molecule has 110 valence electrons. The Labute approximate surface area is 121 Å². The number of piperidine rings is 1. The predicted molar refractivity (Wildman–Crippen MR) is 81.6 cm³/mol. The maximum Gasteiger partial charge on any atom is 0.254 e. The number of anilines is 1. The third kappa shape index (κ3) is 3.11. The Balaban J connectivity index is 2.24. The molecule has 1 aliphatic rings. The molecule has 1 aromatic heterocycles. The molecule has 2 heterocycles. The van der Waals surface area contributed by atoms with E-state index >= 15 is 0 Å². The lowest BCUT2D eigenvalue weighted by atomic mass is 9.93. The van der Waals surface area contributed by atoms with Gasteiger partial charge < -0.3 is 10.6 Å². The van der Waals surface area contributed by atoms with E-state index < -0.39 is 0 Å². The van der Waals surface area contributed by atoms with Crippen molar-refractivity contribution in [2.45, 2.75) is 52.5 Å². The van der Waals surface area contributed by atoms with Crippen molar-refractivity contribution in [1.82, 2.24) is 9.88 Å². The predicted octanol–water partition coefficient (Wildman–Crippen LogP) is 3.05. The molecule has 1 aromatic rings. The van der Waals surface area contributed by atoms with Crippen LogP contribution in [0.5, 0.6) is 0 Å². The van der Waals surface area contributed by atoms with Crippen LogP contribution in [0.25, 0.3) is 0 Å². The van der Waals surface area contributed by atoms with Gasteiger partial charge in [0.05, 0.1) is 0 Å². The fourth-order valence-corrected chi connectivity index (χ4v) is 2.87. The first-order valence-corrected chi connectivity index (χ1v) is 7.47. The minimum Gasteiger partial charge on any atom is -0.384 e. The van der Waals surface area contributed by atoms with Gasteiger partial charge in [-0.3, -0.25) is 4.79 Å². The van der Waals surface area contributed by atoms with E-state index in [4.69, 9.17) is 5.73 Å². The Bertz CT molecular complexity index is 498. The van der Waals surface area contributed by atoms with Crippen LogP contribution in [0.2, 0.25) is 0 Å². The molecule has 0 spiro atoms. The van der Waals surface area contributed by atoms with Crippen LogP contribution in [0.15, 0.2) is 12.1 Å². The van der Waals surface area contributed by atoms with Gasteiger partial charge in [-0.05, 0) is 43.7 Å². The molecule has 2 N–H and O–H groups in total. The normalized spacial score (nSPS) is 23.1. The second-order valence-electron chi connectivity index (χ2n) is 6.34. The van der Waals surface area contributed by atoms with E-state index in [1.807, 2.05) is 11.0 Å². The number of pyridine rings is 1. The lowest BCUT2D eigenvalue weighted by Gasteiger charge is -2.36. The van der Waals surface area contributed by atoms with Crippen LogP contribution < -0.4 is 5.73 Å². The number of carbonyl (C=O) groups excluding carboxylic acids is 1. The number of nitrogens with zero attached hydrogens (tertiary/aromatic N) is 2. The highest BCUT2D eigenvalue weighted by molar-refractivity contribution is 5.95. The summed E-state index contributed by atoms with van der Waals surface area (Å²) in [6.45, 7) is 9.32. The number of amides is 1. The first-order valence-electron chi connectivity index (χ1n) is 7.47. The molecule has 1 amide bonds. The smallest absolute Gasteiger partial charge is 0.254 e. The zero-order valence-corrected chi connectivity index (χ0v) is 12.9. The summed E-state index contributed by atoms with van der Waals surface area (Å²) in [5.74, 6) is 1.48. The van der Waals surface area contributed by atoms with E-state index in [0.29, 0.717) is 23.3 Å². The van der Waals surface area contributed by atoms with Crippen molar-refractivity contribution in [3.63, 3.8) is 0 Å². The molecule has 1 fully saturated rings. The maximum absolute atomic E-state index is 12.7. The van der Waals surface area contributed by atoms with Gasteiger partial charge in [-0.1, -0.05) is 20.8 Å². The first-order chi connectivity index (χ1) is 9.38. The van der Waals surface area contributed by atoms with E-state index in [1.54, 1.807) is 6.07 Å². The van der Waals surface area contributed by atoms with Gasteiger partial charge in [-0.15, -0.1) is 0 Å². The molecular weight excluding hydrogens is 250 g/mol. The summed E-state index contributed by atoms with van der Waals surface area (Å²) in [6.07, 6.45) is 2.15. The summed E-state index contributed by atoms with van der Waals surface area (Å²) in [4.78, 5) is 19.0. The molecule has 20 heavy (non-hydrogen) atoms. The van der Waals surface area contributed by atoms with Crippen molar-refractivity contribution < 1.29 is 4.79 Å². The van der Waals surface area contributed by atoms with Crippen molar-refractivity contribution >= 4 is 11.7 Å². The maximum atomic E-state index is 12.7.